The highest BCUT2D eigenvalue weighted by Crippen LogP contribution is 2.26. The zero-order valence-corrected chi connectivity index (χ0v) is 10.9. The van der Waals surface area contributed by atoms with Crippen LogP contribution in [-0.2, 0) is 13.0 Å². The first-order valence-electron chi connectivity index (χ1n) is 6.61. The average molecular weight is 237 g/mol. The lowest BCUT2D eigenvalue weighted by molar-refractivity contribution is -0.0194. The molecule has 0 bridgehead atoms. The zero-order chi connectivity index (χ0) is 12.3. The second-order valence-corrected chi connectivity index (χ2v) is 5.04. The van der Waals surface area contributed by atoms with Crippen LogP contribution in [0.5, 0.6) is 0 Å². The molecule has 0 atom stereocenters. The third kappa shape index (κ3) is 3.07. The van der Waals surface area contributed by atoms with E-state index in [9.17, 15) is 5.11 Å². The first-order valence-corrected chi connectivity index (χ1v) is 6.61. The average Bonchev–Trinajstić information content (AvgIpc) is 2.77. The van der Waals surface area contributed by atoms with E-state index < -0.39 is 5.60 Å². The first-order chi connectivity index (χ1) is 8.15. The molecule has 96 valence electrons. The van der Waals surface area contributed by atoms with Gasteiger partial charge in [-0.2, -0.15) is 5.10 Å². The fourth-order valence-corrected chi connectivity index (χ4v) is 2.51. The summed E-state index contributed by atoms with van der Waals surface area (Å²) < 4.78 is 1.92. The lowest BCUT2D eigenvalue weighted by Crippen LogP contribution is -2.45. The number of nitrogens with zero attached hydrogens (tertiary/aromatic N) is 3. The molecule has 1 aromatic rings. The standard InChI is InChI=1S/C13H23N3O/c1-3-15-7-5-13(17,6-8-15)9-12-10-14-16(4-2)11-12/h10-11,17H,3-9H2,1-2H3. The molecule has 0 amide bonds. The molecular formula is C13H23N3O. The number of aromatic nitrogens is 2. The van der Waals surface area contributed by atoms with Crippen LogP contribution in [-0.4, -0.2) is 45.0 Å². The van der Waals surface area contributed by atoms with Crippen molar-refractivity contribution < 1.29 is 5.11 Å². The summed E-state index contributed by atoms with van der Waals surface area (Å²) in [5.41, 5.74) is 0.632. The van der Waals surface area contributed by atoms with Gasteiger partial charge in [-0.05, 0) is 31.9 Å². The van der Waals surface area contributed by atoms with Crippen LogP contribution >= 0.6 is 0 Å². The van der Waals surface area contributed by atoms with Crippen molar-refractivity contribution >= 4 is 0 Å². The Bertz CT molecular complexity index is 353. The van der Waals surface area contributed by atoms with E-state index >= 15 is 0 Å². The number of hydrogen-bond acceptors (Lipinski definition) is 3. The van der Waals surface area contributed by atoms with Gasteiger partial charge in [-0.15, -0.1) is 0 Å². The minimum atomic E-state index is -0.521. The minimum Gasteiger partial charge on any atom is -0.389 e. The molecule has 17 heavy (non-hydrogen) atoms. The smallest absolute Gasteiger partial charge is 0.0713 e. The second kappa shape index (κ2) is 5.19. The number of aliphatic hydroxyl groups is 1. The van der Waals surface area contributed by atoms with E-state index in [-0.39, 0.29) is 0 Å². The predicted octanol–water partition coefficient (Wildman–Crippen LogP) is 1.29. The van der Waals surface area contributed by atoms with Gasteiger partial charge in [-0.3, -0.25) is 4.68 Å². The molecule has 2 rings (SSSR count). The molecule has 1 saturated heterocycles. The zero-order valence-electron chi connectivity index (χ0n) is 10.9. The van der Waals surface area contributed by atoms with E-state index in [1.807, 2.05) is 17.1 Å². The van der Waals surface area contributed by atoms with E-state index in [2.05, 4.69) is 23.8 Å². The summed E-state index contributed by atoms with van der Waals surface area (Å²) in [5.74, 6) is 0. The molecular weight excluding hydrogens is 214 g/mol. The quantitative estimate of drug-likeness (QED) is 0.858. The van der Waals surface area contributed by atoms with Gasteiger partial charge in [0.25, 0.3) is 0 Å². The van der Waals surface area contributed by atoms with E-state index in [1.165, 1.54) is 0 Å². The van der Waals surface area contributed by atoms with Gasteiger partial charge in [0.05, 0.1) is 11.8 Å². The molecule has 0 aliphatic carbocycles. The maximum absolute atomic E-state index is 10.6. The summed E-state index contributed by atoms with van der Waals surface area (Å²) in [6.45, 7) is 8.25. The van der Waals surface area contributed by atoms with Crippen LogP contribution in [0.3, 0.4) is 0 Å². The predicted molar refractivity (Wildman–Crippen MR) is 67.9 cm³/mol. The summed E-state index contributed by atoms with van der Waals surface area (Å²) in [7, 11) is 0. The van der Waals surface area contributed by atoms with Crippen molar-refractivity contribution in [1.29, 1.82) is 0 Å². The molecule has 2 heterocycles. The van der Waals surface area contributed by atoms with Gasteiger partial charge in [0.15, 0.2) is 0 Å². The maximum Gasteiger partial charge on any atom is 0.0713 e. The van der Waals surface area contributed by atoms with Gasteiger partial charge in [0.2, 0.25) is 0 Å². The molecule has 1 N–H and O–H groups in total. The monoisotopic (exact) mass is 237 g/mol. The Labute approximate surface area is 103 Å². The Morgan fingerprint density at radius 2 is 2.00 bits per heavy atom. The number of aryl methyl sites for hydroxylation is 1. The van der Waals surface area contributed by atoms with Crippen LogP contribution in [0.2, 0.25) is 0 Å². The van der Waals surface area contributed by atoms with Crippen LogP contribution in [0.4, 0.5) is 0 Å². The number of rotatable bonds is 4. The molecule has 0 saturated carbocycles. The van der Waals surface area contributed by atoms with Crippen LogP contribution in [0, 0.1) is 0 Å². The summed E-state index contributed by atoms with van der Waals surface area (Å²) >= 11 is 0. The Morgan fingerprint density at radius 1 is 1.29 bits per heavy atom. The number of piperidine rings is 1. The molecule has 0 radical (unpaired) electrons. The molecule has 0 unspecified atom stereocenters. The van der Waals surface area contributed by atoms with Crippen LogP contribution < -0.4 is 0 Å². The normalized spacial score (nSPS) is 20.6. The Morgan fingerprint density at radius 3 is 2.53 bits per heavy atom. The van der Waals surface area contributed by atoms with E-state index in [4.69, 9.17) is 0 Å². The van der Waals surface area contributed by atoms with Gasteiger partial charge in [0.1, 0.15) is 0 Å². The summed E-state index contributed by atoms with van der Waals surface area (Å²) in [6, 6.07) is 0. The van der Waals surface area contributed by atoms with Crippen molar-refractivity contribution in [3.05, 3.63) is 18.0 Å². The molecule has 4 heteroatoms. The van der Waals surface area contributed by atoms with Gasteiger partial charge in [-0.1, -0.05) is 6.92 Å². The van der Waals surface area contributed by atoms with Crippen LogP contribution in [0.25, 0.3) is 0 Å². The summed E-state index contributed by atoms with van der Waals surface area (Å²) in [5, 5.41) is 14.8. The van der Waals surface area contributed by atoms with Crippen molar-refractivity contribution in [2.24, 2.45) is 0 Å². The lowest BCUT2D eigenvalue weighted by Gasteiger charge is -2.37. The van der Waals surface area contributed by atoms with E-state index in [0.29, 0.717) is 0 Å². The highest BCUT2D eigenvalue weighted by Gasteiger charge is 2.32. The van der Waals surface area contributed by atoms with Crippen LogP contribution in [0.1, 0.15) is 32.3 Å². The highest BCUT2D eigenvalue weighted by atomic mass is 16.3. The Hall–Kier alpha value is -0.870. The fraction of sp³-hybridized carbons (Fsp3) is 0.769. The van der Waals surface area contributed by atoms with Crippen molar-refractivity contribution in [1.82, 2.24) is 14.7 Å². The largest absolute Gasteiger partial charge is 0.389 e. The second-order valence-electron chi connectivity index (χ2n) is 5.04. The van der Waals surface area contributed by atoms with E-state index in [1.54, 1.807) is 0 Å². The van der Waals surface area contributed by atoms with Crippen molar-refractivity contribution in [2.75, 3.05) is 19.6 Å². The Kier molecular flexibility index (Phi) is 3.84. The topological polar surface area (TPSA) is 41.3 Å². The molecule has 1 aromatic heterocycles. The van der Waals surface area contributed by atoms with Crippen LogP contribution in [0.15, 0.2) is 12.4 Å². The number of hydrogen-bond donors (Lipinski definition) is 1. The summed E-state index contributed by atoms with van der Waals surface area (Å²) in [6.07, 6.45) is 6.42. The third-order valence-corrected chi connectivity index (χ3v) is 3.78. The van der Waals surface area contributed by atoms with Gasteiger partial charge < -0.3 is 10.0 Å². The maximum atomic E-state index is 10.6. The summed E-state index contributed by atoms with van der Waals surface area (Å²) in [4.78, 5) is 2.39. The lowest BCUT2D eigenvalue weighted by atomic mass is 9.86. The third-order valence-electron chi connectivity index (χ3n) is 3.78. The minimum absolute atomic E-state index is 0.521. The highest BCUT2D eigenvalue weighted by molar-refractivity contribution is 5.09. The van der Waals surface area contributed by atoms with Gasteiger partial charge in [-0.25, -0.2) is 0 Å². The molecule has 1 aliphatic heterocycles. The first kappa shape index (κ1) is 12.6. The fourth-order valence-electron chi connectivity index (χ4n) is 2.51. The van der Waals surface area contributed by atoms with Crippen molar-refractivity contribution in [2.45, 2.75) is 45.3 Å². The van der Waals surface area contributed by atoms with E-state index in [0.717, 1.165) is 51.0 Å². The number of likely N-dealkylation sites (tertiary alicyclic amines) is 1. The van der Waals surface area contributed by atoms with Gasteiger partial charge >= 0.3 is 0 Å². The molecule has 4 nitrogen and oxygen atoms in total. The van der Waals surface area contributed by atoms with Gasteiger partial charge in [0, 0.05) is 32.3 Å². The van der Waals surface area contributed by atoms with Crippen molar-refractivity contribution in [3.8, 4) is 0 Å². The van der Waals surface area contributed by atoms with Crippen molar-refractivity contribution in [3.63, 3.8) is 0 Å². The Balaban J connectivity index is 1.94. The molecule has 1 fully saturated rings. The molecule has 1 aliphatic rings. The molecule has 0 aromatic carbocycles. The molecule has 0 spiro atoms. The SMILES string of the molecule is CCN1CCC(O)(Cc2cnn(CC)c2)CC1.